The van der Waals surface area contributed by atoms with Crippen molar-refractivity contribution in [2.45, 2.75) is 26.8 Å². The first-order chi connectivity index (χ1) is 8.63. The van der Waals surface area contributed by atoms with Crippen molar-refractivity contribution in [1.29, 1.82) is 0 Å². The van der Waals surface area contributed by atoms with Crippen LogP contribution in [0.25, 0.3) is 0 Å². The third-order valence-electron chi connectivity index (χ3n) is 3.03. The Morgan fingerprint density at radius 3 is 2.44 bits per heavy atom. The van der Waals surface area contributed by atoms with Crippen molar-refractivity contribution in [1.82, 2.24) is 5.32 Å². The molecule has 0 amide bonds. The van der Waals surface area contributed by atoms with E-state index in [1.807, 2.05) is 32.0 Å². The quantitative estimate of drug-likeness (QED) is 0.871. The molecule has 0 saturated heterocycles. The van der Waals surface area contributed by atoms with E-state index in [1.54, 1.807) is 11.3 Å². The zero-order chi connectivity index (χ0) is 13.1. The molecule has 1 nitrogen and oxygen atoms in total. The summed E-state index contributed by atoms with van der Waals surface area (Å²) in [4.78, 5) is 1.27. The first-order valence-electron chi connectivity index (χ1n) is 6.17. The molecule has 1 heterocycles. The molecule has 18 heavy (non-hydrogen) atoms. The van der Waals surface area contributed by atoms with Crippen LogP contribution < -0.4 is 5.32 Å². The molecule has 1 aromatic heterocycles. The van der Waals surface area contributed by atoms with E-state index in [2.05, 4.69) is 23.7 Å². The number of hydrogen-bond acceptors (Lipinski definition) is 2. The van der Waals surface area contributed by atoms with Gasteiger partial charge in [0.15, 0.2) is 0 Å². The van der Waals surface area contributed by atoms with Crippen LogP contribution in [0.2, 0.25) is 0 Å². The molecule has 0 aliphatic heterocycles. The maximum Gasteiger partial charge on any atom is 0.129 e. The minimum atomic E-state index is -0.0971. The maximum absolute atomic E-state index is 13.7. The second-order valence-corrected chi connectivity index (χ2v) is 5.45. The van der Waals surface area contributed by atoms with Crippen LogP contribution in [-0.2, 0) is 0 Å². The minimum absolute atomic E-state index is 0.0971. The van der Waals surface area contributed by atoms with Gasteiger partial charge >= 0.3 is 0 Å². The summed E-state index contributed by atoms with van der Waals surface area (Å²) in [5, 5.41) is 5.54. The van der Waals surface area contributed by atoms with E-state index < -0.39 is 0 Å². The van der Waals surface area contributed by atoms with E-state index in [4.69, 9.17) is 0 Å². The second kappa shape index (κ2) is 5.63. The number of benzene rings is 1. The summed E-state index contributed by atoms with van der Waals surface area (Å²) < 4.78 is 13.7. The van der Waals surface area contributed by atoms with Crippen molar-refractivity contribution in [3.05, 3.63) is 57.0 Å². The number of nitrogens with one attached hydrogen (secondary N) is 1. The second-order valence-electron chi connectivity index (χ2n) is 4.47. The molecule has 2 aromatic rings. The first kappa shape index (κ1) is 13.2. The molecular formula is C15H18FNS. The molecule has 0 fully saturated rings. The SMILES string of the molecule is CCNC(c1cc(C)c(F)c(C)c1)c1cccs1. The summed E-state index contributed by atoms with van der Waals surface area (Å²) in [7, 11) is 0. The zero-order valence-corrected chi connectivity index (χ0v) is 11.8. The van der Waals surface area contributed by atoms with Gasteiger partial charge in [-0.25, -0.2) is 4.39 Å². The highest BCUT2D eigenvalue weighted by molar-refractivity contribution is 7.10. The van der Waals surface area contributed by atoms with Crippen molar-refractivity contribution in [3.63, 3.8) is 0 Å². The highest BCUT2D eigenvalue weighted by Gasteiger charge is 2.16. The number of aryl methyl sites for hydroxylation is 2. The highest BCUT2D eigenvalue weighted by Crippen LogP contribution is 2.28. The molecule has 1 atom stereocenters. The average molecular weight is 263 g/mol. The topological polar surface area (TPSA) is 12.0 Å². The predicted molar refractivity (Wildman–Crippen MR) is 75.7 cm³/mol. The van der Waals surface area contributed by atoms with Gasteiger partial charge in [0.1, 0.15) is 5.82 Å². The molecule has 0 saturated carbocycles. The van der Waals surface area contributed by atoms with Crippen molar-refractivity contribution >= 4 is 11.3 Å². The Morgan fingerprint density at radius 2 is 1.94 bits per heavy atom. The third kappa shape index (κ3) is 2.62. The molecule has 1 unspecified atom stereocenters. The van der Waals surface area contributed by atoms with Gasteiger partial charge in [-0.3, -0.25) is 0 Å². The summed E-state index contributed by atoms with van der Waals surface area (Å²) in [5.74, 6) is -0.0971. The molecule has 96 valence electrons. The zero-order valence-electron chi connectivity index (χ0n) is 11.0. The Hall–Kier alpha value is -1.19. The molecule has 0 bridgehead atoms. The van der Waals surface area contributed by atoms with Crippen LogP contribution in [0, 0.1) is 19.7 Å². The van der Waals surface area contributed by atoms with Gasteiger partial charge in [-0.1, -0.05) is 25.1 Å². The lowest BCUT2D eigenvalue weighted by Crippen LogP contribution is -2.21. The minimum Gasteiger partial charge on any atom is -0.306 e. The van der Waals surface area contributed by atoms with Crippen LogP contribution in [0.5, 0.6) is 0 Å². The van der Waals surface area contributed by atoms with E-state index in [9.17, 15) is 4.39 Å². The molecule has 3 heteroatoms. The number of rotatable bonds is 4. The fourth-order valence-electron chi connectivity index (χ4n) is 2.19. The Bertz CT molecular complexity index is 496. The van der Waals surface area contributed by atoms with Gasteiger partial charge in [0.25, 0.3) is 0 Å². The Kier molecular flexibility index (Phi) is 4.15. The van der Waals surface area contributed by atoms with Crippen molar-refractivity contribution in [2.24, 2.45) is 0 Å². The van der Waals surface area contributed by atoms with Crippen molar-refractivity contribution < 1.29 is 4.39 Å². The third-order valence-corrected chi connectivity index (χ3v) is 3.97. The Labute approximate surface area is 112 Å². The van der Waals surface area contributed by atoms with Gasteiger partial charge in [-0.2, -0.15) is 0 Å². The fourth-order valence-corrected chi connectivity index (χ4v) is 3.02. The largest absolute Gasteiger partial charge is 0.306 e. The molecule has 0 aliphatic rings. The van der Waals surface area contributed by atoms with Gasteiger partial charge in [0.2, 0.25) is 0 Å². The molecular weight excluding hydrogens is 245 g/mol. The van der Waals surface area contributed by atoms with Crippen LogP contribution in [0.3, 0.4) is 0 Å². The van der Waals surface area contributed by atoms with Gasteiger partial charge in [0.05, 0.1) is 6.04 Å². The van der Waals surface area contributed by atoms with E-state index in [0.717, 1.165) is 12.1 Å². The monoisotopic (exact) mass is 263 g/mol. The average Bonchev–Trinajstić information content (AvgIpc) is 2.86. The Balaban J connectivity index is 2.43. The normalized spacial score (nSPS) is 12.7. The smallest absolute Gasteiger partial charge is 0.129 e. The summed E-state index contributed by atoms with van der Waals surface area (Å²) in [5.41, 5.74) is 2.56. The van der Waals surface area contributed by atoms with Crippen molar-refractivity contribution in [2.75, 3.05) is 6.54 Å². The van der Waals surface area contributed by atoms with Gasteiger partial charge < -0.3 is 5.32 Å². The van der Waals surface area contributed by atoms with Gasteiger partial charge in [-0.05, 0) is 48.5 Å². The van der Waals surface area contributed by atoms with E-state index in [1.165, 1.54) is 4.88 Å². The lowest BCUT2D eigenvalue weighted by molar-refractivity contribution is 0.600. The van der Waals surface area contributed by atoms with Gasteiger partial charge in [0, 0.05) is 4.88 Å². The standard InChI is InChI=1S/C15H18FNS/c1-4-17-15(13-6-5-7-18-13)12-8-10(2)14(16)11(3)9-12/h5-9,15,17H,4H2,1-3H3. The molecule has 0 spiro atoms. The highest BCUT2D eigenvalue weighted by atomic mass is 32.1. The van der Waals surface area contributed by atoms with Crippen molar-refractivity contribution in [3.8, 4) is 0 Å². The van der Waals surface area contributed by atoms with E-state index in [0.29, 0.717) is 11.1 Å². The molecule has 1 N–H and O–H groups in total. The first-order valence-corrected chi connectivity index (χ1v) is 7.05. The lowest BCUT2D eigenvalue weighted by Gasteiger charge is -2.18. The van der Waals surface area contributed by atoms with Crippen LogP contribution in [0.4, 0.5) is 4.39 Å². The fraction of sp³-hybridized carbons (Fsp3) is 0.333. The molecule has 1 aromatic carbocycles. The number of halogens is 1. The summed E-state index contributed by atoms with van der Waals surface area (Å²) in [6, 6.07) is 8.21. The molecule has 2 rings (SSSR count). The molecule has 0 radical (unpaired) electrons. The number of hydrogen-bond donors (Lipinski definition) is 1. The van der Waals surface area contributed by atoms with Gasteiger partial charge in [-0.15, -0.1) is 11.3 Å². The molecule has 0 aliphatic carbocycles. The summed E-state index contributed by atoms with van der Waals surface area (Å²) >= 11 is 1.73. The van der Waals surface area contributed by atoms with E-state index in [-0.39, 0.29) is 11.9 Å². The summed E-state index contributed by atoms with van der Waals surface area (Å²) in [6.45, 7) is 6.62. The van der Waals surface area contributed by atoms with Crippen LogP contribution >= 0.6 is 11.3 Å². The Morgan fingerprint density at radius 1 is 1.28 bits per heavy atom. The lowest BCUT2D eigenvalue weighted by atomic mass is 9.99. The van der Waals surface area contributed by atoms with Crippen LogP contribution in [-0.4, -0.2) is 6.54 Å². The summed E-state index contributed by atoms with van der Waals surface area (Å²) in [6.07, 6.45) is 0. The predicted octanol–water partition coefficient (Wildman–Crippen LogP) is 4.20. The number of thiophene rings is 1. The van der Waals surface area contributed by atoms with Crippen LogP contribution in [0.1, 0.15) is 34.5 Å². The van der Waals surface area contributed by atoms with Crippen LogP contribution in [0.15, 0.2) is 29.6 Å². The van der Waals surface area contributed by atoms with E-state index >= 15 is 0 Å². The maximum atomic E-state index is 13.7.